The van der Waals surface area contributed by atoms with E-state index >= 15 is 0 Å². The van der Waals surface area contributed by atoms with Crippen molar-refractivity contribution in [2.75, 3.05) is 4.90 Å². The van der Waals surface area contributed by atoms with Crippen molar-refractivity contribution in [1.29, 1.82) is 0 Å². The molecule has 3 aromatic heterocycles. The Morgan fingerprint density at radius 1 is 0.673 bits per heavy atom. The second-order valence-corrected chi connectivity index (χ2v) is 14.4. The van der Waals surface area contributed by atoms with Crippen molar-refractivity contribution in [2.24, 2.45) is 6.98 Å². The SMILES string of the molecule is [2H]C([2H])([2H])[n+]1[c-]n(-c2[c-]c3c(cc2)Oc2ccccc2Oc2ccccc2N3c2[c-]c3c(cc2)c2ccccc2n3-c2cc(C(C)(C)C)ccn2)c2ccccc21.[Pt]. The number of para-hydroxylation sites is 7. The Bertz CT molecular complexity index is 3040. The molecule has 6 aromatic carbocycles. The molecule has 7 nitrogen and oxygen atoms in total. The Balaban J connectivity index is 0.00000436. The summed E-state index contributed by atoms with van der Waals surface area (Å²) in [5.41, 5.74) is 6.65. The van der Waals surface area contributed by atoms with Crippen LogP contribution >= 0.6 is 0 Å². The second kappa shape index (κ2) is 13.3. The number of aryl methyl sites for hydroxylation is 1. The Hall–Kier alpha value is -6.17. The average molecular weight is 900 g/mol. The van der Waals surface area contributed by atoms with Gasteiger partial charge >= 0.3 is 0 Å². The number of imidazole rings is 1. The minimum absolute atomic E-state index is 0. The monoisotopic (exact) mass is 899 g/mol. The molecule has 4 heterocycles. The van der Waals surface area contributed by atoms with Crippen molar-refractivity contribution < 1.29 is 39.2 Å². The van der Waals surface area contributed by atoms with Crippen LogP contribution in [0.4, 0.5) is 17.1 Å². The van der Waals surface area contributed by atoms with Crippen molar-refractivity contribution >= 4 is 49.9 Å². The molecule has 0 saturated carbocycles. The molecule has 272 valence electrons. The topological polar surface area (TPSA) is 48.3 Å². The molecule has 0 N–H and O–H groups in total. The number of anilines is 3. The van der Waals surface area contributed by atoms with Crippen molar-refractivity contribution in [3.05, 3.63) is 164 Å². The van der Waals surface area contributed by atoms with Crippen LogP contribution in [0.2, 0.25) is 0 Å². The summed E-state index contributed by atoms with van der Waals surface area (Å²) in [6.45, 7) is 4.15. The third-order valence-electron chi connectivity index (χ3n) is 9.95. The van der Waals surface area contributed by atoms with Crippen molar-refractivity contribution in [3.8, 4) is 34.5 Å². The van der Waals surface area contributed by atoms with Gasteiger partial charge in [-0.2, -0.15) is 18.2 Å². The van der Waals surface area contributed by atoms with Crippen LogP contribution in [0, 0.1) is 18.5 Å². The van der Waals surface area contributed by atoms with E-state index in [-0.39, 0.29) is 26.5 Å². The van der Waals surface area contributed by atoms with Crippen molar-refractivity contribution in [3.63, 3.8) is 0 Å². The maximum absolute atomic E-state index is 8.27. The van der Waals surface area contributed by atoms with Gasteiger partial charge in [-0.3, -0.25) is 0 Å². The van der Waals surface area contributed by atoms with Gasteiger partial charge < -0.3 is 28.1 Å². The van der Waals surface area contributed by atoms with Crippen LogP contribution in [0.15, 0.2) is 140 Å². The zero-order valence-corrected chi connectivity index (χ0v) is 32.4. The molecule has 0 fully saturated rings. The first kappa shape index (κ1) is 31.2. The Labute approximate surface area is 338 Å². The number of aromatic nitrogens is 4. The number of hydrogen-bond acceptors (Lipinski definition) is 4. The molecule has 1 aliphatic rings. The van der Waals surface area contributed by atoms with Gasteiger partial charge in [-0.15, -0.1) is 23.6 Å². The number of pyridine rings is 1. The smallest absolute Gasteiger partial charge is 0.242 e. The van der Waals surface area contributed by atoms with Gasteiger partial charge in [-0.1, -0.05) is 104 Å². The molecule has 0 spiro atoms. The summed E-state index contributed by atoms with van der Waals surface area (Å²) in [5, 5.41) is 2.10. The van der Waals surface area contributed by atoms with Gasteiger partial charge in [0.1, 0.15) is 5.82 Å². The molecular formula is C47H35N5O2Pt-2. The fraction of sp³-hybridized carbons (Fsp3) is 0.106. The van der Waals surface area contributed by atoms with Crippen LogP contribution in [-0.4, -0.2) is 14.1 Å². The fourth-order valence-corrected chi connectivity index (χ4v) is 7.28. The molecule has 0 amide bonds. The maximum atomic E-state index is 8.27. The quantitative estimate of drug-likeness (QED) is 0.131. The molecular weight excluding hydrogens is 862 g/mol. The Kier molecular flexibility index (Phi) is 7.54. The zero-order chi connectivity index (χ0) is 39.1. The van der Waals surface area contributed by atoms with Crippen LogP contribution in [0.25, 0.3) is 44.3 Å². The van der Waals surface area contributed by atoms with E-state index in [0.29, 0.717) is 51.1 Å². The first-order chi connectivity index (χ1) is 27.5. The standard InChI is InChI=1S/C47H35N5O2.Pt/c1-47(2,3)31-25-26-48-46(27-31)52-36-14-6-5-13-34(36)35-23-21-33(29-40(35)52)51-39-17-9-10-18-42(39)53-44-19-11-12-20-45(44)54-43-24-22-32(28-41(43)51)50-30-49(4)37-15-7-8-16-38(37)50;/h5-27H,1-4H3;/q-2;/i4D3;. The van der Waals surface area contributed by atoms with Crippen LogP contribution in [0.3, 0.4) is 0 Å². The molecule has 0 unspecified atom stereocenters. The number of nitrogens with zero attached hydrogens (tertiary/aromatic N) is 5. The number of rotatable bonds is 3. The number of benzene rings is 6. The molecule has 1 aliphatic heterocycles. The molecule has 55 heavy (non-hydrogen) atoms. The molecule has 10 rings (SSSR count). The van der Waals surface area contributed by atoms with Crippen LogP contribution in [0.1, 0.15) is 30.4 Å². The summed E-state index contributed by atoms with van der Waals surface area (Å²) in [4.78, 5) is 6.93. The summed E-state index contributed by atoms with van der Waals surface area (Å²) in [6, 6.07) is 50.6. The van der Waals surface area contributed by atoms with Crippen molar-refractivity contribution in [1.82, 2.24) is 14.1 Å². The van der Waals surface area contributed by atoms with Crippen LogP contribution < -0.4 is 18.9 Å². The summed E-state index contributed by atoms with van der Waals surface area (Å²) in [7, 11) is 0. The van der Waals surface area contributed by atoms with E-state index in [1.54, 1.807) is 10.6 Å². The van der Waals surface area contributed by atoms with E-state index in [4.69, 9.17) is 18.6 Å². The predicted octanol–water partition coefficient (Wildman–Crippen LogP) is 11.0. The van der Waals surface area contributed by atoms with Crippen molar-refractivity contribution in [2.45, 2.75) is 26.2 Å². The summed E-state index contributed by atoms with van der Waals surface area (Å²) >= 11 is 0. The van der Waals surface area contributed by atoms with Gasteiger partial charge in [-0.25, -0.2) is 4.98 Å². The van der Waals surface area contributed by atoms with E-state index in [0.717, 1.165) is 33.3 Å². The molecule has 0 atom stereocenters. The first-order valence-electron chi connectivity index (χ1n) is 19.3. The van der Waals surface area contributed by atoms with Gasteiger partial charge in [0.15, 0.2) is 17.2 Å². The summed E-state index contributed by atoms with van der Waals surface area (Å²) in [5.74, 6) is 2.96. The van der Waals surface area contributed by atoms with Gasteiger partial charge in [0, 0.05) is 38.5 Å². The molecule has 9 aromatic rings. The first-order valence-corrected chi connectivity index (χ1v) is 17.8. The molecule has 0 aliphatic carbocycles. The normalized spacial score (nSPS) is 13.5. The van der Waals surface area contributed by atoms with Gasteiger partial charge in [-0.05, 0) is 64.5 Å². The maximum Gasteiger partial charge on any atom is 0.242 e. The fourth-order valence-electron chi connectivity index (χ4n) is 7.28. The third kappa shape index (κ3) is 5.78. The predicted molar refractivity (Wildman–Crippen MR) is 213 cm³/mol. The van der Waals surface area contributed by atoms with Crippen LogP contribution in [0.5, 0.6) is 23.0 Å². The minimum Gasteiger partial charge on any atom is -0.511 e. The van der Waals surface area contributed by atoms with Gasteiger partial charge in [0.25, 0.3) is 0 Å². The Morgan fingerprint density at radius 3 is 2.16 bits per heavy atom. The van der Waals surface area contributed by atoms with E-state index in [2.05, 4.69) is 74.1 Å². The molecule has 0 radical (unpaired) electrons. The van der Waals surface area contributed by atoms with E-state index in [1.807, 2.05) is 108 Å². The summed E-state index contributed by atoms with van der Waals surface area (Å²) < 4.78 is 43.3. The number of ether oxygens (including phenoxy) is 2. The van der Waals surface area contributed by atoms with E-state index < -0.39 is 6.98 Å². The number of fused-ring (bicyclic) bond motifs is 7. The number of hydrogen-bond donors (Lipinski definition) is 0. The van der Waals surface area contributed by atoms with Gasteiger partial charge in [0.2, 0.25) is 6.33 Å². The van der Waals surface area contributed by atoms with Crippen LogP contribution in [-0.2, 0) is 33.5 Å². The molecule has 0 bridgehead atoms. The van der Waals surface area contributed by atoms with E-state index in [1.165, 1.54) is 10.1 Å². The van der Waals surface area contributed by atoms with Gasteiger partial charge in [0.05, 0.1) is 27.8 Å². The minimum atomic E-state index is -2.45. The second-order valence-electron chi connectivity index (χ2n) is 14.4. The third-order valence-corrected chi connectivity index (χ3v) is 9.95. The average Bonchev–Trinajstić information content (AvgIpc) is 3.77. The Morgan fingerprint density at radius 2 is 1.36 bits per heavy atom. The largest absolute Gasteiger partial charge is 0.511 e. The zero-order valence-electron chi connectivity index (χ0n) is 33.1. The molecule has 8 heteroatoms. The summed E-state index contributed by atoms with van der Waals surface area (Å²) in [6.07, 6.45) is 4.97. The van der Waals surface area contributed by atoms with E-state index in [9.17, 15) is 0 Å². The molecule has 0 saturated heterocycles.